The zero-order valence-corrected chi connectivity index (χ0v) is 4.39. The van der Waals surface area contributed by atoms with Gasteiger partial charge in [-0.1, -0.05) is 0 Å². The fraction of sp³-hybridized carbons (Fsp3) is 0.200. The fourth-order valence-electron chi connectivity index (χ4n) is 0.551. The lowest BCUT2D eigenvalue weighted by atomic mass is 10.4. The van der Waals surface area contributed by atoms with Crippen LogP contribution in [0.15, 0.2) is 23.4 Å². The maximum Gasteiger partial charge on any atom is 0.0995 e. The molecular formula is C5H7N3. The zero-order valence-electron chi connectivity index (χ0n) is 4.39. The van der Waals surface area contributed by atoms with Crippen LogP contribution in [0, 0.1) is 5.53 Å². The summed E-state index contributed by atoms with van der Waals surface area (Å²) in [6.45, 7) is 0.465. The van der Waals surface area contributed by atoms with Crippen molar-refractivity contribution in [1.82, 2.24) is 4.98 Å². The van der Waals surface area contributed by atoms with Crippen LogP contribution < -0.4 is 0 Å². The highest BCUT2D eigenvalue weighted by atomic mass is 15.0. The molecule has 0 saturated carbocycles. The van der Waals surface area contributed by atoms with Crippen LogP contribution in [0.25, 0.3) is 0 Å². The molecule has 0 fully saturated rings. The largest absolute Gasteiger partial charge is 0.363 e. The third-order valence-corrected chi connectivity index (χ3v) is 0.912. The van der Waals surface area contributed by atoms with Crippen molar-refractivity contribution < 1.29 is 0 Å². The molecule has 0 radical (unpaired) electrons. The van der Waals surface area contributed by atoms with E-state index < -0.39 is 0 Å². The van der Waals surface area contributed by atoms with E-state index in [1.54, 1.807) is 0 Å². The SMILES string of the molecule is N=NCc1ccc[nH]1. The van der Waals surface area contributed by atoms with Crippen molar-refractivity contribution in [3.63, 3.8) is 0 Å². The molecule has 2 N–H and O–H groups in total. The minimum atomic E-state index is 0.465. The van der Waals surface area contributed by atoms with E-state index in [1.165, 1.54) is 0 Å². The van der Waals surface area contributed by atoms with Crippen LogP contribution in [0.1, 0.15) is 5.69 Å². The number of hydrogen-bond acceptors (Lipinski definition) is 2. The molecule has 1 aromatic heterocycles. The van der Waals surface area contributed by atoms with Gasteiger partial charge in [0, 0.05) is 11.9 Å². The van der Waals surface area contributed by atoms with Gasteiger partial charge in [-0.2, -0.15) is 5.11 Å². The predicted molar refractivity (Wildman–Crippen MR) is 29.6 cm³/mol. The predicted octanol–water partition coefficient (Wildman–Crippen LogP) is 1.55. The fourth-order valence-corrected chi connectivity index (χ4v) is 0.551. The van der Waals surface area contributed by atoms with Crippen LogP contribution in [0.5, 0.6) is 0 Å². The van der Waals surface area contributed by atoms with Gasteiger partial charge in [0.15, 0.2) is 0 Å². The number of hydrogen-bond donors (Lipinski definition) is 2. The Hall–Kier alpha value is -1.12. The average molecular weight is 109 g/mol. The number of nitrogens with zero attached hydrogens (tertiary/aromatic N) is 1. The Morgan fingerprint density at radius 1 is 1.75 bits per heavy atom. The molecule has 0 aliphatic heterocycles. The summed E-state index contributed by atoms with van der Waals surface area (Å²) in [5, 5.41) is 3.20. The quantitative estimate of drug-likeness (QED) is 0.541. The lowest BCUT2D eigenvalue weighted by Crippen LogP contribution is -1.75. The van der Waals surface area contributed by atoms with Crippen molar-refractivity contribution in [3.8, 4) is 0 Å². The maximum absolute atomic E-state index is 6.48. The van der Waals surface area contributed by atoms with E-state index in [0.717, 1.165) is 5.69 Å². The first-order chi connectivity index (χ1) is 3.93. The van der Waals surface area contributed by atoms with Crippen LogP contribution >= 0.6 is 0 Å². The van der Waals surface area contributed by atoms with Crippen molar-refractivity contribution >= 4 is 0 Å². The molecule has 0 spiro atoms. The molecule has 3 nitrogen and oxygen atoms in total. The van der Waals surface area contributed by atoms with Gasteiger partial charge >= 0.3 is 0 Å². The van der Waals surface area contributed by atoms with E-state index >= 15 is 0 Å². The van der Waals surface area contributed by atoms with E-state index in [1.807, 2.05) is 18.3 Å². The molecule has 0 aliphatic carbocycles. The number of H-pyrrole nitrogens is 1. The maximum atomic E-state index is 6.48. The van der Waals surface area contributed by atoms with Gasteiger partial charge in [0.05, 0.1) is 6.54 Å². The lowest BCUT2D eigenvalue weighted by Gasteiger charge is -1.82. The summed E-state index contributed by atoms with van der Waals surface area (Å²) in [6.07, 6.45) is 1.82. The minimum Gasteiger partial charge on any atom is -0.363 e. The number of aromatic nitrogens is 1. The second-order valence-corrected chi connectivity index (χ2v) is 1.51. The first kappa shape index (κ1) is 5.03. The molecule has 0 aliphatic rings. The molecule has 8 heavy (non-hydrogen) atoms. The first-order valence-corrected chi connectivity index (χ1v) is 2.39. The summed E-state index contributed by atoms with van der Waals surface area (Å²) in [4.78, 5) is 2.92. The van der Waals surface area contributed by atoms with Gasteiger partial charge in [-0.05, 0) is 12.1 Å². The second-order valence-electron chi connectivity index (χ2n) is 1.51. The molecule has 1 heterocycles. The van der Waals surface area contributed by atoms with Crippen molar-refractivity contribution in [1.29, 1.82) is 5.53 Å². The Morgan fingerprint density at radius 3 is 3.12 bits per heavy atom. The average Bonchev–Trinajstić information content (AvgIpc) is 2.19. The molecule has 0 unspecified atom stereocenters. The molecule has 0 saturated heterocycles. The highest BCUT2D eigenvalue weighted by Crippen LogP contribution is 1.94. The summed E-state index contributed by atoms with van der Waals surface area (Å²) in [5.74, 6) is 0. The van der Waals surface area contributed by atoms with Gasteiger partial charge in [0.1, 0.15) is 0 Å². The Balaban J connectivity index is 2.62. The molecule has 1 rings (SSSR count). The third-order valence-electron chi connectivity index (χ3n) is 0.912. The molecule has 0 atom stereocenters. The van der Waals surface area contributed by atoms with Crippen LogP contribution in [-0.2, 0) is 6.54 Å². The Kier molecular flexibility index (Phi) is 1.42. The van der Waals surface area contributed by atoms with Gasteiger partial charge in [0.25, 0.3) is 0 Å². The molecular weight excluding hydrogens is 102 g/mol. The van der Waals surface area contributed by atoms with Crippen LogP contribution in [0.2, 0.25) is 0 Å². The summed E-state index contributed by atoms with van der Waals surface area (Å²) in [6, 6.07) is 3.79. The lowest BCUT2D eigenvalue weighted by molar-refractivity contribution is 0.882. The van der Waals surface area contributed by atoms with E-state index in [0.29, 0.717) is 6.54 Å². The van der Waals surface area contributed by atoms with E-state index in [9.17, 15) is 0 Å². The molecule has 0 aromatic carbocycles. The second kappa shape index (κ2) is 2.26. The molecule has 42 valence electrons. The first-order valence-electron chi connectivity index (χ1n) is 2.39. The molecule has 0 bridgehead atoms. The van der Waals surface area contributed by atoms with E-state index in [-0.39, 0.29) is 0 Å². The summed E-state index contributed by atoms with van der Waals surface area (Å²) in [5.41, 5.74) is 7.47. The number of nitrogens with one attached hydrogen (secondary N) is 2. The Labute approximate surface area is 47.2 Å². The van der Waals surface area contributed by atoms with E-state index in [4.69, 9.17) is 5.53 Å². The van der Waals surface area contributed by atoms with Gasteiger partial charge in [0.2, 0.25) is 0 Å². The zero-order chi connectivity index (χ0) is 5.82. The topological polar surface area (TPSA) is 52.0 Å². The van der Waals surface area contributed by atoms with Crippen LogP contribution in [0.4, 0.5) is 0 Å². The molecule has 3 heteroatoms. The smallest absolute Gasteiger partial charge is 0.0995 e. The van der Waals surface area contributed by atoms with E-state index in [2.05, 4.69) is 10.1 Å². The normalized spacial score (nSPS) is 9.00. The Bertz CT molecular complexity index is 154. The summed E-state index contributed by atoms with van der Waals surface area (Å²) in [7, 11) is 0. The number of rotatable bonds is 2. The van der Waals surface area contributed by atoms with Crippen molar-refractivity contribution in [2.45, 2.75) is 6.54 Å². The molecule has 1 aromatic rings. The van der Waals surface area contributed by atoms with Crippen LogP contribution in [0.3, 0.4) is 0 Å². The van der Waals surface area contributed by atoms with Crippen molar-refractivity contribution in [2.24, 2.45) is 5.11 Å². The standard InChI is InChI=1S/C5H7N3/c6-8-4-5-2-1-3-7-5/h1-3,6-7H,4H2. The molecule has 0 amide bonds. The van der Waals surface area contributed by atoms with Gasteiger partial charge < -0.3 is 4.98 Å². The van der Waals surface area contributed by atoms with Gasteiger partial charge in [-0.3, -0.25) is 0 Å². The summed E-state index contributed by atoms with van der Waals surface area (Å²) >= 11 is 0. The third kappa shape index (κ3) is 0.932. The van der Waals surface area contributed by atoms with Gasteiger partial charge in [-0.25, -0.2) is 5.53 Å². The summed E-state index contributed by atoms with van der Waals surface area (Å²) < 4.78 is 0. The minimum absolute atomic E-state index is 0.465. The Morgan fingerprint density at radius 2 is 2.62 bits per heavy atom. The van der Waals surface area contributed by atoms with Crippen LogP contribution in [-0.4, -0.2) is 4.98 Å². The van der Waals surface area contributed by atoms with Crippen molar-refractivity contribution in [3.05, 3.63) is 24.0 Å². The van der Waals surface area contributed by atoms with Gasteiger partial charge in [-0.15, -0.1) is 0 Å². The highest BCUT2D eigenvalue weighted by molar-refractivity contribution is 5.02. The van der Waals surface area contributed by atoms with Crippen molar-refractivity contribution in [2.75, 3.05) is 0 Å². The number of aromatic amines is 1. The monoisotopic (exact) mass is 109 g/mol. The highest BCUT2D eigenvalue weighted by Gasteiger charge is 1.85.